The highest BCUT2D eigenvalue weighted by Gasteiger charge is 2.26. The number of carbonyl (C=O) groups is 1. The number of hydrogen-bond donors (Lipinski definition) is 1. The molecule has 0 bridgehead atoms. The average molecular weight is 422 g/mol. The summed E-state index contributed by atoms with van der Waals surface area (Å²) < 4.78 is 16.9. The van der Waals surface area contributed by atoms with E-state index in [9.17, 15) is 9.59 Å². The van der Waals surface area contributed by atoms with E-state index in [1.54, 1.807) is 38.3 Å². The van der Waals surface area contributed by atoms with Crippen LogP contribution in [0.15, 0.2) is 56.4 Å². The molecule has 0 aliphatic rings. The van der Waals surface area contributed by atoms with Crippen LogP contribution < -0.4 is 15.6 Å². The Bertz CT molecular complexity index is 1260. The van der Waals surface area contributed by atoms with E-state index >= 15 is 0 Å². The second-order valence-corrected chi connectivity index (χ2v) is 7.01. The number of nitrogens with zero attached hydrogens (tertiary/aromatic N) is 3. The van der Waals surface area contributed by atoms with Gasteiger partial charge in [0.25, 0.3) is 5.56 Å². The quantitative estimate of drug-likeness (QED) is 0.486. The van der Waals surface area contributed by atoms with Gasteiger partial charge in [0.05, 0.1) is 25.3 Å². The molecular formula is C22H22N4O5. The number of fused-ring (bicyclic) bond motifs is 1. The fourth-order valence-electron chi connectivity index (χ4n) is 3.45. The molecule has 1 amide bonds. The Morgan fingerprint density at radius 2 is 2.03 bits per heavy atom. The highest BCUT2D eigenvalue weighted by Crippen LogP contribution is 2.29. The lowest BCUT2D eigenvalue weighted by molar-refractivity contribution is -0.125. The molecule has 31 heavy (non-hydrogen) atoms. The van der Waals surface area contributed by atoms with Crippen LogP contribution in [0.1, 0.15) is 30.9 Å². The van der Waals surface area contributed by atoms with Crippen LogP contribution in [-0.4, -0.2) is 28.0 Å². The highest BCUT2D eigenvalue weighted by molar-refractivity contribution is 5.93. The zero-order valence-electron chi connectivity index (χ0n) is 17.4. The molecule has 1 N–H and O–H groups in total. The Morgan fingerprint density at radius 3 is 2.68 bits per heavy atom. The van der Waals surface area contributed by atoms with E-state index in [2.05, 4.69) is 15.6 Å². The number of hydrogen-bond acceptors (Lipinski definition) is 7. The molecule has 1 aromatic carbocycles. The lowest BCUT2D eigenvalue weighted by atomic mass is 10.1. The van der Waals surface area contributed by atoms with Crippen LogP contribution >= 0.6 is 0 Å². The number of methoxy groups -OCH3 is 1. The van der Waals surface area contributed by atoms with Crippen LogP contribution in [0.3, 0.4) is 0 Å². The van der Waals surface area contributed by atoms with Crippen LogP contribution in [0.5, 0.6) is 5.75 Å². The maximum atomic E-state index is 13.1. The van der Waals surface area contributed by atoms with Gasteiger partial charge >= 0.3 is 0 Å². The SMILES string of the molecule is CC[C@@H](C(=O)NCc1ccco1)n1nc(-c2ccc(OC)cc2)c2c(C)onc2c1=O. The summed E-state index contributed by atoms with van der Waals surface area (Å²) in [5, 5.41) is 11.8. The van der Waals surface area contributed by atoms with Crippen molar-refractivity contribution in [2.45, 2.75) is 32.9 Å². The standard InChI is InChI=1S/C22H22N4O5/c1-4-17(21(27)23-12-16-6-5-11-30-16)26-22(28)20-18(13(2)31-25-20)19(24-26)14-7-9-15(29-3)10-8-14/h5-11,17H,4,12H2,1-3H3,(H,23,27)/t17-/m0/s1. The summed E-state index contributed by atoms with van der Waals surface area (Å²) in [6.45, 7) is 3.76. The molecule has 0 aliphatic carbocycles. The molecule has 0 radical (unpaired) electrons. The second kappa shape index (κ2) is 8.47. The monoisotopic (exact) mass is 422 g/mol. The minimum absolute atomic E-state index is 0.135. The number of benzene rings is 1. The fraction of sp³-hybridized carbons (Fsp3) is 0.273. The number of aromatic nitrogens is 3. The van der Waals surface area contributed by atoms with Gasteiger partial charge in [-0.1, -0.05) is 12.1 Å². The number of rotatable bonds is 7. The largest absolute Gasteiger partial charge is 0.497 e. The summed E-state index contributed by atoms with van der Waals surface area (Å²) in [6.07, 6.45) is 1.90. The summed E-state index contributed by atoms with van der Waals surface area (Å²) in [7, 11) is 1.59. The van der Waals surface area contributed by atoms with Gasteiger partial charge in [-0.3, -0.25) is 9.59 Å². The van der Waals surface area contributed by atoms with Crippen molar-refractivity contribution < 1.29 is 18.5 Å². The second-order valence-electron chi connectivity index (χ2n) is 7.01. The molecule has 0 saturated heterocycles. The normalized spacial score (nSPS) is 12.1. The van der Waals surface area contributed by atoms with E-state index in [0.29, 0.717) is 34.8 Å². The van der Waals surface area contributed by atoms with Crippen molar-refractivity contribution >= 4 is 16.8 Å². The van der Waals surface area contributed by atoms with Crippen molar-refractivity contribution in [3.05, 3.63) is 64.5 Å². The molecule has 4 rings (SSSR count). The third-order valence-corrected chi connectivity index (χ3v) is 5.08. The predicted octanol–water partition coefficient (Wildman–Crippen LogP) is 3.23. The van der Waals surface area contributed by atoms with Gasteiger partial charge in [-0.25, -0.2) is 4.68 Å². The van der Waals surface area contributed by atoms with Crippen LogP contribution in [-0.2, 0) is 11.3 Å². The highest BCUT2D eigenvalue weighted by atomic mass is 16.5. The van der Waals surface area contributed by atoms with Gasteiger partial charge in [0.2, 0.25) is 5.91 Å². The third-order valence-electron chi connectivity index (χ3n) is 5.08. The first-order chi connectivity index (χ1) is 15.0. The van der Waals surface area contributed by atoms with Gasteiger partial charge in [0.15, 0.2) is 5.52 Å². The zero-order valence-corrected chi connectivity index (χ0v) is 17.4. The number of carbonyl (C=O) groups excluding carboxylic acids is 1. The third kappa shape index (κ3) is 3.81. The molecular weight excluding hydrogens is 400 g/mol. The van der Waals surface area contributed by atoms with E-state index in [-0.39, 0.29) is 18.0 Å². The maximum Gasteiger partial charge on any atom is 0.297 e. The van der Waals surface area contributed by atoms with Gasteiger partial charge in [-0.2, -0.15) is 5.10 Å². The van der Waals surface area contributed by atoms with Crippen molar-refractivity contribution in [2.24, 2.45) is 0 Å². The van der Waals surface area contributed by atoms with Crippen molar-refractivity contribution in [2.75, 3.05) is 7.11 Å². The molecule has 160 valence electrons. The zero-order chi connectivity index (χ0) is 22.0. The smallest absolute Gasteiger partial charge is 0.297 e. The van der Waals surface area contributed by atoms with Gasteiger partial charge in [0.1, 0.15) is 29.0 Å². The molecule has 1 atom stereocenters. The number of aryl methyl sites for hydroxylation is 1. The first-order valence-corrected chi connectivity index (χ1v) is 9.86. The van der Waals surface area contributed by atoms with Crippen LogP contribution in [0, 0.1) is 6.92 Å². The molecule has 0 spiro atoms. The average Bonchev–Trinajstić information content (AvgIpc) is 3.45. The summed E-state index contributed by atoms with van der Waals surface area (Å²) in [5.74, 6) is 1.45. The molecule has 9 nitrogen and oxygen atoms in total. The Balaban J connectivity index is 1.78. The molecule has 0 aliphatic heterocycles. The lowest BCUT2D eigenvalue weighted by Crippen LogP contribution is -2.38. The van der Waals surface area contributed by atoms with E-state index in [0.717, 1.165) is 5.56 Å². The topological polar surface area (TPSA) is 112 Å². The Hall–Kier alpha value is -3.88. The van der Waals surface area contributed by atoms with Crippen molar-refractivity contribution in [1.82, 2.24) is 20.3 Å². The van der Waals surface area contributed by atoms with Gasteiger partial charge in [-0.05, 0) is 49.7 Å². The minimum atomic E-state index is -0.819. The molecule has 4 aromatic rings. The molecule has 9 heteroatoms. The van der Waals surface area contributed by atoms with E-state index in [1.807, 2.05) is 19.1 Å². The first kappa shape index (κ1) is 20.4. The predicted molar refractivity (Wildman–Crippen MR) is 113 cm³/mol. The van der Waals surface area contributed by atoms with Gasteiger partial charge in [-0.15, -0.1) is 0 Å². The van der Waals surface area contributed by atoms with E-state index in [1.165, 1.54) is 10.9 Å². The Kier molecular flexibility index (Phi) is 5.57. The van der Waals surface area contributed by atoms with E-state index in [4.69, 9.17) is 13.7 Å². The van der Waals surface area contributed by atoms with Crippen LogP contribution in [0.25, 0.3) is 22.2 Å². The van der Waals surface area contributed by atoms with Crippen molar-refractivity contribution in [3.8, 4) is 17.0 Å². The molecule has 0 fully saturated rings. The van der Waals surface area contributed by atoms with Crippen molar-refractivity contribution in [3.63, 3.8) is 0 Å². The van der Waals surface area contributed by atoms with Crippen LogP contribution in [0.2, 0.25) is 0 Å². The number of amides is 1. The van der Waals surface area contributed by atoms with Gasteiger partial charge < -0.3 is 19.0 Å². The minimum Gasteiger partial charge on any atom is -0.497 e. The molecule has 0 unspecified atom stereocenters. The summed E-state index contributed by atoms with van der Waals surface area (Å²) in [6, 6.07) is 9.95. The van der Waals surface area contributed by atoms with E-state index < -0.39 is 11.6 Å². The molecule has 3 heterocycles. The number of nitrogens with one attached hydrogen (secondary N) is 1. The van der Waals surface area contributed by atoms with Crippen LogP contribution in [0.4, 0.5) is 0 Å². The maximum absolute atomic E-state index is 13.1. The Labute approximate surface area is 177 Å². The van der Waals surface area contributed by atoms with Gasteiger partial charge in [0, 0.05) is 5.56 Å². The number of ether oxygens (including phenoxy) is 1. The molecule has 0 saturated carbocycles. The number of furan rings is 1. The lowest BCUT2D eigenvalue weighted by Gasteiger charge is -2.17. The summed E-state index contributed by atoms with van der Waals surface area (Å²) >= 11 is 0. The van der Waals surface area contributed by atoms with Crippen molar-refractivity contribution in [1.29, 1.82) is 0 Å². The fourth-order valence-corrected chi connectivity index (χ4v) is 3.45. The Morgan fingerprint density at radius 1 is 1.26 bits per heavy atom. The first-order valence-electron chi connectivity index (χ1n) is 9.86. The summed E-state index contributed by atoms with van der Waals surface area (Å²) in [5.41, 5.74) is 0.907. The summed E-state index contributed by atoms with van der Waals surface area (Å²) in [4.78, 5) is 26.0. The molecule has 3 aromatic heterocycles.